The van der Waals surface area contributed by atoms with Crippen LogP contribution in [0.1, 0.15) is 36.4 Å². The summed E-state index contributed by atoms with van der Waals surface area (Å²) < 4.78 is 15.6. The summed E-state index contributed by atoms with van der Waals surface area (Å²) in [6, 6.07) is 0.136. The number of ether oxygens (including phenoxy) is 1. The standard InChI is InChI=1S/C15H24N6O3/c1-11(15-16-12(2)18-24-15)21-7-5-20(6-8-21)10-14-17-13(19-23-14)4-9-22-3/h11H,4-10H2,1-3H3. The molecule has 0 saturated carbocycles. The van der Waals surface area contributed by atoms with Crippen molar-refractivity contribution in [3.05, 3.63) is 23.4 Å². The van der Waals surface area contributed by atoms with Crippen LogP contribution in [-0.4, -0.2) is 70.0 Å². The number of rotatable bonds is 7. The Kier molecular flexibility index (Phi) is 5.54. The van der Waals surface area contributed by atoms with Gasteiger partial charge < -0.3 is 13.8 Å². The van der Waals surface area contributed by atoms with Crippen molar-refractivity contribution >= 4 is 0 Å². The van der Waals surface area contributed by atoms with Gasteiger partial charge in [-0.3, -0.25) is 9.80 Å². The van der Waals surface area contributed by atoms with Crippen molar-refractivity contribution in [2.45, 2.75) is 32.9 Å². The van der Waals surface area contributed by atoms with Gasteiger partial charge in [-0.2, -0.15) is 9.97 Å². The van der Waals surface area contributed by atoms with E-state index in [0.717, 1.165) is 26.2 Å². The van der Waals surface area contributed by atoms with Crippen LogP contribution >= 0.6 is 0 Å². The maximum atomic E-state index is 5.31. The highest BCUT2D eigenvalue weighted by atomic mass is 16.5. The number of piperazine rings is 1. The molecule has 9 heteroatoms. The van der Waals surface area contributed by atoms with Crippen molar-refractivity contribution in [1.29, 1.82) is 0 Å². The number of aromatic nitrogens is 4. The monoisotopic (exact) mass is 336 g/mol. The average Bonchev–Trinajstić information content (AvgIpc) is 3.22. The number of methoxy groups -OCH3 is 1. The summed E-state index contributed by atoms with van der Waals surface area (Å²) in [5.41, 5.74) is 0. The van der Waals surface area contributed by atoms with Gasteiger partial charge in [0.1, 0.15) is 0 Å². The third-order valence-electron chi connectivity index (χ3n) is 4.25. The molecule has 0 spiro atoms. The first-order valence-electron chi connectivity index (χ1n) is 8.22. The first-order chi connectivity index (χ1) is 11.7. The van der Waals surface area contributed by atoms with Crippen LogP contribution < -0.4 is 0 Å². The summed E-state index contributed by atoms with van der Waals surface area (Å²) in [5.74, 6) is 2.72. The molecule has 0 amide bonds. The molecule has 1 aliphatic rings. The molecule has 3 rings (SSSR count). The lowest BCUT2D eigenvalue weighted by molar-refractivity contribution is 0.0785. The summed E-state index contributed by atoms with van der Waals surface area (Å²) in [6.45, 7) is 8.97. The van der Waals surface area contributed by atoms with E-state index in [1.807, 2.05) is 6.92 Å². The van der Waals surface area contributed by atoms with Gasteiger partial charge in [-0.15, -0.1) is 0 Å². The quantitative estimate of drug-likeness (QED) is 0.728. The van der Waals surface area contributed by atoms with Crippen molar-refractivity contribution in [3.8, 4) is 0 Å². The normalized spacial score (nSPS) is 18.1. The molecule has 1 atom stereocenters. The smallest absolute Gasteiger partial charge is 0.243 e. The summed E-state index contributed by atoms with van der Waals surface area (Å²) in [5, 5.41) is 7.84. The second-order valence-electron chi connectivity index (χ2n) is 6.02. The molecule has 0 aliphatic carbocycles. The Labute approximate surface area is 141 Å². The van der Waals surface area contributed by atoms with Gasteiger partial charge in [-0.1, -0.05) is 10.3 Å². The molecule has 1 aliphatic heterocycles. The lowest BCUT2D eigenvalue weighted by atomic mass is 10.2. The van der Waals surface area contributed by atoms with E-state index in [2.05, 4.69) is 37.0 Å². The van der Waals surface area contributed by atoms with Crippen LogP contribution in [0.4, 0.5) is 0 Å². The molecule has 24 heavy (non-hydrogen) atoms. The van der Waals surface area contributed by atoms with E-state index in [9.17, 15) is 0 Å². The van der Waals surface area contributed by atoms with Crippen LogP contribution in [0.3, 0.4) is 0 Å². The largest absolute Gasteiger partial charge is 0.384 e. The molecule has 0 aromatic carbocycles. The van der Waals surface area contributed by atoms with Gasteiger partial charge in [0.05, 0.1) is 19.2 Å². The number of aryl methyl sites for hydroxylation is 1. The van der Waals surface area contributed by atoms with Crippen LogP contribution in [-0.2, 0) is 17.7 Å². The summed E-state index contributed by atoms with van der Waals surface area (Å²) in [4.78, 5) is 13.4. The minimum absolute atomic E-state index is 0.136. The zero-order chi connectivity index (χ0) is 16.9. The van der Waals surface area contributed by atoms with E-state index in [1.165, 1.54) is 0 Å². The first-order valence-corrected chi connectivity index (χ1v) is 8.22. The van der Waals surface area contributed by atoms with E-state index in [4.69, 9.17) is 13.8 Å². The van der Waals surface area contributed by atoms with Gasteiger partial charge in [0.25, 0.3) is 0 Å². The number of hydrogen-bond acceptors (Lipinski definition) is 9. The van der Waals surface area contributed by atoms with Crippen molar-refractivity contribution in [1.82, 2.24) is 30.1 Å². The third-order valence-corrected chi connectivity index (χ3v) is 4.25. The predicted octanol–water partition coefficient (Wildman–Crippen LogP) is 0.829. The second kappa shape index (κ2) is 7.82. The molecule has 0 N–H and O–H groups in total. The van der Waals surface area contributed by atoms with E-state index >= 15 is 0 Å². The molecular weight excluding hydrogens is 312 g/mol. The topological polar surface area (TPSA) is 93.6 Å². The van der Waals surface area contributed by atoms with Gasteiger partial charge in [0, 0.05) is 39.7 Å². The van der Waals surface area contributed by atoms with Crippen molar-refractivity contribution < 1.29 is 13.8 Å². The van der Waals surface area contributed by atoms with Gasteiger partial charge in [0.15, 0.2) is 11.6 Å². The Hall–Kier alpha value is -1.84. The van der Waals surface area contributed by atoms with E-state index < -0.39 is 0 Å². The van der Waals surface area contributed by atoms with Crippen LogP contribution in [0, 0.1) is 6.92 Å². The summed E-state index contributed by atoms with van der Waals surface area (Å²) in [7, 11) is 1.66. The van der Waals surface area contributed by atoms with Gasteiger partial charge in [-0.25, -0.2) is 0 Å². The fraction of sp³-hybridized carbons (Fsp3) is 0.733. The molecule has 2 aromatic rings. The minimum Gasteiger partial charge on any atom is -0.384 e. The molecule has 3 heterocycles. The molecule has 2 aromatic heterocycles. The Morgan fingerprint density at radius 3 is 2.58 bits per heavy atom. The SMILES string of the molecule is COCCc1noc(CN2CCN(C(C)c3nc(C)no3)CC2)n1. The molecule has 9 nitrogen and oxygen atoms in total. The predicted molar refractivity (Wildman–Crippen MR) is 84.2 cm³/mol. The molecule has 0 radical (unpaired) electrons. The summed E-state index contributed by atoms with van der Waals surface area (Å²) in [6.07, 6.45) is 0.675. The number of nitrogens with zero attached hydrogens (tertiary/aromatic N) is 6. The van der Waals surface area contributed by atoms with Gasteiger partial charge in [-0.05, 0) is 13.8 Å². The minimum atomic E-state index is 0.136. The Balaban J connectivity index is 1.47. The highest BCUT2D eigenvalue weighted by molar-refractivity contribution is 4.93. The van der Waals surface area contributed by atoms with Crippen molar-refractivity contribution in [3.63, 3.8) is 0 Å². The van der Waals surface area contributed by atoms with Crippen LogP contribution in [0.5, 0.6) is 0 Å². The van der Waals surface area contributed by atoms with E-state index in [1.54, 1.807) is 7.11 Å². The molecule has 1 unspecified atom stereocenters. The second-order valence-corrected chi connectivity index (χ2v) is 6.02. The van der Waals surface area contributed by atoms with Gasteiger partial charge >= 0.3 is 0 Å². The molecule has 1 saturated heterocycles. The lowest BCUT2D eigenvalue weighted by Gasteiger charge is -2.36. The Morgan fingerprint density at radius 2 is 1.92 bits per heavy atom. The maximum absolute atomic E-state index is 5.31. The first kappa shape index (κ1) is 17.0. The average molecular weight is 336 g/mol. The van der Waals surface area contributed by atoms with Crippen LogP contribution in [0.25, 0.3) is 0 Å². The van der Waals surface area contributed by atoms with Crippen LogP contribution in [0.2, 0.25) is 0 Å². The molecule has 132 valence electrons. The van der Waals surface area contributed by atoms with Crippen LogP contribution in [0.15, 0.2) is 9.05 Å². The van der Waals surface area contributed by atoms with Gasteiger partial charge in [0.2, 0.25) is 11.8 Å². The third kappa shape index (κ3) is 4.16. The van der Waals surface area contributed by atoms with E-state index in [-0.39, 0.29) is 6.04 Å². The van der Waals surface area contributed by atoms with Crippen molar-refractivity contribution in [2.75, 3.05) is 39.9 Å². The fourth-order valence-electron chi connectivity index (χ4n) is 2.79. The van der Waals surface area contributed by atoms with E-state index in [0.29, 0.717) is 43.0 Å². The Bertz CT molecular complexity index is 635. The summed E-state index contributed by atoms with van der Waals surface area (Å²) >= 11 is 0. The number of hydrogen-bond donors (Lipinski definition) is 0. The molecular formula is C15H24N6O3. The fourth-order valence-corrected chi connectivity index (χ4v) is 2.79. The highest BCUT2D eigenvalue weighted by Crippen LogP contribution is 2.20. The maximum Gasteiger partial charge on any atom is 0.243 e. The Morgan fingerprint density at radius 1 is 1.12 bits per heavy atom. The molecule has 1 fully saturated rings. The zero-order valence-electron chi connectivity index (χ0n) is 14.4. The molecule has 0 bridgehead atoms. The lowest BCUT2D eigenvalue weighted by Crippen LogP contribution is -2.46. The van der Waals surface area contributed by atoms with Crippen molar-refractivity contribution in [2.24, 2.45) is 0 Å². The zero-order valence-corrected chi connectivity index (χ0v) is 14.4. The highest BCUT2D eigenvalue weighted by Gasteiger charge is 2.26.